The lowest BCUT2D eigenvalue weighted by Gasteiger charge is -2.34. The Bertz CT molecular complexity index is 1450. The highest BCUT2D eigenvalue weighted by molar-refractivity contribution is 5.99. The summed E-state index contributed by atoms with van der Waals surface area (Å²) >= 11 is 0. The summed E-state index contributed by atoms with van der Waals surface area (Å²) in [4.78, 5) is 26.7. The first-order valence-corrected chi connectivity index (χ1v) is 13.2. The lowest BCUT2D eigenvalue weighted by atomic mass is 10.2. The van der Waals surface area contributed by atoms with Crippen molar-refractivity contribution in [3.05, 3.63) is 73.1 Å². The summed E-state index contributed by atoms with van der Waals surface area (Å²) in [5.41, 5.74) is 4.20. The number of benzene rings is 2. The Morgan fingerprint density at radius 2 is 1.77 bits per heavy atom. The number of aromatic nitrogens is 4. The number of anilines is 5. The number of hydrogen-bond donors (Lipinski definition) is 3. The molecule has 0 bridgehead atoms. The van der Waals surface area contributed by atoms with Crippen molar-refractivity contribution < 1.29 is 4.79 Å². The Labute approximate surface area is 228 Å². The fourth-order valence-corrected chi connectivity index (χ4v) is 4.58. The molecule has 2 aromatic carbocycles. The van der Waals surface area contributed by atoms with Gasteiger partial charge in [-0.3, -0.25) is 9.48 Å². The van der Waals surface area contributed by atoms with Crippen LogP contribution in [0, 0.1) is 0 Å². The van der Waals surface area contributed by atoms with Crippen molar-refractivity contribution in [2.45, 2.75) is 19.9 Å². The molecule has 1 fully saturated rings. The van der Waals surface area contributed by atoms with Gasteiger partial charge >= 0.3 is 0 Å². The van der Waals surface area contributed by atoms with Gasteiger partial charge in [-0.05, 0) is 63.4 Å². The van der Waals surface area contributed by atoms with E-state index in [-0.39, 0.29) is 11.9 Å². The van der Waals surface area contributed by atoms with E-state index in [1.807, 2.05) is 41.2 Å². The molecular formula is C29H35N9O. The van der Waals surface area contributed by atoms with Crippen molar-refractivity contribution >= 4 is 45.6 Å². The number of hydrogen-bond acceptors (Lipinski definition) is 8. The summed E-state index contributed by atoms with van der Waals surface area (Å²) in [5.74, 6) is 0.505. The first kappa shape index (κ1) is 26.2. The zero-order chi connectivity index (χ0) is 27.4. The van der Waals surface area contributed by atoms with Gasteiger partial charge in [0.1, 0.15) is 11.4 Å². The first-order chi connectivity index (χ1) is 18.9. The van der Waals surface area contributed by atoms with Gasteiger partial charge in [0.2, 0.25) is 5.95 Å². The van der Waals surface area contributed by atoms with Gasteiger partial charge in [-0.1, -0.05) is 6.08 Å². The molecule has 0 unspecified atom stereocenters. The third-order valence-electron chi connectivity index (χ3n) is 6.78. The van der Waals surface area contributed by atoms with Crippen molar-refractivity contribution in [3.8, 4) is 0 Å². The molecule has 10 heteroatoms. The second kappa shape index (κ2) is 11.5. The van der Waals surface area contributed by atoms with Crippen LogP contribution in [0.5, 0.6) is 0 Å². The zero-order valence-electron chi connectivity index (χ0n) is 22.7. The molecule has 39 heavy (non-hydrogen) atoms. The molecule has 0 spiro atoms. The van der Waals surface area contributed by atoms with E-state index in [0.29, 0.717) is 23.9 Å². The lowest BCUT2D eigenvalue weighted by molar-refractivity contribution is 0.0958. The third kappa shape index (κ3) is 6.01. The van der Waals surface area contributed by atoms with Gasteiger partial charge in [0.15, 0.2) is 0 Å². The highest BCUT2D eigenvalue weighted by atomic mass is 16.1. The Morgan fingerprint density at radius 3 is 2.49 bits per heavy atom. The van der Waals surface area contributed by atoms with Gasteiger partial charge in [0, 0.05) is 67.4 Å². The maximum atomic E-state index is 12.9. The molecule has 4 aromatic rings. The smallest absolute Gasteiger partial charge is 0.256 e. The topological polar surface area (TPSA) is 103 Å². The van der Waals surface area contributed by atoms with E-state index in [1.165, 1.54) is 11.9 Å². The van der Waals surface area contributed by atoms with Gasteiger partial charge in [-0.15, -0.1) is 6.58 Å². The average Bonchev–Trinajstić information content (AvgIpc) is 3.36. The summed E-state index contributed by atoms with van der Waals surface area (Å²) in [6.45, 7) is 12.4. The number of piperazine rings is 1. The van der Waals surface area contributed by atoms with Crippen molar-refractivity contribution in [3.63, 3.8) is 0 Å². The number of fused-ring (bicyclic) bond motifs is 1. The molecule has 5 rings (SSSR count). The summed E-state index contributed by atoms with van der Waals surface area (Å²) < 4.78 is 1.97. The second-order valence-electron chi connectivity index (χ2n) is 10.00. The van der Waals surface area contributed by atoms with Crippen LogP contribution in [0.2, 0.25) is 0 Å². The van der Waals surface area contributed by atoms with Gasteiger partial charge in [0.25, 0.3) is 5.91 Å². The lowest BCUT2D eigenvalue weighted by Crippen LogP contribution is -2.44. The summed E-state index contributed by atoms with van der Waals surface area (Å²) in [6, 6.07) is 14.4. The molecule has 0 atom stereocenters. The maximum absolute atomic E-state index is 12.9. The zero-order valence-corrected chi connectivity index (χ0v) is 22.7. The fourth-order valence-electron chi connectivity index (χ4n) is 4.58. The number of likely N-dealkylation sites (N-methyl/N-ethyl adjacent to an activating group) is 1. The van der Waals surface area contributed by atoms with Gasteiger partial charge in [-0.25, -0.2) is 4.98 Å². The number of carbonyl (C=O) groups excluding carboxylic acids is 1. The molecule has 0 aliphatic carbocycles. The molecular weight excluding hydrogens is 490 g/mol. The maximum Gasteiger partial charge on any atom is 0.256 e. The van der Waals surface area contributed by atoms with Gasteiger partial charge in [0.05, 0.1) is 11.7 Å². The molecule has 1 aliphatic rings. The minimum atomic E-state index is -0.284. The van der Waals surface area contributed by atoms with Crippen LogP contribution in [0.15, 0.2) is 67.5 Å². The average molecular weight is 526 g/mol. The van der Waals surface area contributed by atoms with E-state index in [9.17, 15) is 4.79 Å². The predicted molar refractivity (Wildman–Crippen MR) is 157 cm³/mol. The monoisotopic (exact) mass is 525 g/mol. The second-order valence-corrected chi connectivity index (χ2v) is 10.00. The quantitative estimate of drug-likeness (QED) is 0.273. The number of nitrogens with zero attached hydrogens (tertiary/aromatic N) is 6. The molecule has 10 nitrogen and oxygen atoms in total. The van der Waals surface area contributed by atoms with Crippen LogP contribution in [-0.2, 0) is 0 Å². The predicted octanol–water partition coefficient (Wildman–Crippen LogP) is 4.56. The van der Waals surface area contributed by atoms with E-state index >= 15 is 0 Å². The summed E-state index contributed by atoms with van der Waals surface area (Å²) in [6.07, 6.45) is 5.02. The first-order valence-electron chi connectivity index (χ1n) is 13.2. The molecule has 0 saturated carbocycles. The van der Waals surface area contributed by atoms with Crippen LogP contribution < -0.4 is 20.9 Å². The number of rotatable bonds is 9. The minimum Gasteiger partial charge on any atom is -0.369 e. The number of nitrogens with one attached hydrogen (secondary N) is 3. The molecule has 1 aliphatic heterocycles. The van der Waals surface area contributed by atoms with Crippen molar-refractivity contribution in [2.24, 2.45) is 0 Å². The van der Waals surface area contributed by atoms with Crippen LogP contribution in [-0.4, -0.2) is 70.3 Å². The molecule has 3 heterocycles. The molecule has 0 radical (unpaired) electrons. The van der Waals surface area contributed by atoms with Crippen LogP contribution >= 0.6 is 0 Å². The highest BCUT2D eigenvalue weighted by Crippen LogP contribution is 2.27. The standard InChI is InChI=1S/C29H35N9O/c1-5-12-30-28(39)25-19-31-29(34-22-8-10-24(11-9-22)37-15-13-36(4)14-16-37)35-27(25)33-23-7-6-21-18-32-38(20(2)3)26(21)17-23/h5-11,17-20H,1,12-16H2,2-4H3,(H,30,39)(H2,31,33,34,35). The normalized spacial score (nSPS) is 14.0. The van der Waals surface area contributed by atoms with Crippen LogP contribution in [0.1, 0.15) is 30.2 Å². The Balaban J connectivity index is 1.39. The molecule has 1 saturated heterocycles. The Morgan fingerprint density at radius 1 is 1.03 bits per heavy atom. The third-order valence-corrected chi connectivity index (χ3v) is 6.78. The minimum absolute atomic E-state index is 0.218. The molecule has 2 aromatic heterocycles. The summed E-state index contributed by atoms with van der Waals surface area (Å²) in [7, 11) is 2.15. The fraction of sp³-hybridized carbons (Fsp3) is 0.310. The highest BCUT2D eigenvalue weighted by Gasteiger charge is 2.17. The molecule has 3 N–H and O–H groups in total. The van der Waals surface area contributed by atoms with Gasteiger partial charge in [-0.2, -0.15) is 10.1 Å². The van der Waals surface area contributed by atoms with Crippen molar-refractivity contribution in [2.75, 3.05) is 55.3 Å². The number of amides is 1. The van der Waals surface area contributed by atoms with E-state index in [4.69, 9.17) is 0 Å². The molecule has 202 valence electrons. The Kier molecular flexibility index (Phi) is 7.74. The van der Waals surface area contributed by atoms with E-state index < -0.39 is 0 Å². The van der Waals surface area contributed by atoms with E-state index in [0.717, 1.165) is 48.5 Å². The van der Waals surface area contributed by atoms with Crippen LogP contribution in [0.4, 0.5) is 28.8 Å². The van der Waals surface area contributed by atoms with Crippen LogP contribution in [0.3, 0.4) is 0 Å². The Hall–Kier alpha value is -4.44. The SMILES string of the molecule is C=CCNC(=O)c1cnc(Nc2ccc(N3CCN(C)CC3)cc2)nc1Nc1ccc2cnn(C(C)C)c2c1. The largest absolute Gasteiger partial charge is 0.369 e. The van der Waals surface area contributed by atoms with Gasteiger partial charge < -0.3 is 25.8 Å². The number of carbonyl (C=O) groups is 1. The van der Waals surface area contributed by atoms with Crippen molar-refractivity contribution in [1.29, 1.82) is 0 Å². The van der Waals surface area contributed by atoms with E-state index in [1.54, 1.807) is 6.08 Å². The molecule has 1 amide bonds. The summed E-state index contributed by atoms with van der Waals surface area (Å²) in [5, 5.41) is 15.0. The van der Waals surface area contributed by atoms with E-state index in [2.05, 4.69) is 80.4 Å². The van der Waals surface area contributed by atoms with Crippen LogP contribution in [0.25, 0.3) is 10.9 Å². The van der Waals surface area contributed by atoms with Crippen molar-refractivity contribution in [1.82, 2.24) is 30.0 Å².